The molecule has 5 heteroatoms. The maximum Gasteiger partial charge on any atom is 0.224 e. The Morgan fingerprint density at radius 1 is 1.25 bits per heavy atom. The third-order valence-electron chi connectivity index (χ3n) is 4.43. The normalized spacial score (nSPS) is 13.5. The van der Waals surface area contributed by atoms with Gasteiger partial charge in [-0.3, -0.25) is 9.59 Å². The maximum absolute atomic E-state index is 12.3. The second-order valence-corrected chi connectivity index (χ2v) is 7.14. The van der Waals surface area contributed by atoms with E-state index >= 15 is 0 Å². The highest BCUT2D eigenvalue weighted by Gasteiger charge is 2.21. The van der Waals surface area contributed by atoms with Crippen LogP contribution in [0, 0.1) is 6.92 Å². The zero-order valence-electron chi connectivity index (χ0n) is 13.9. The summed E-state index contributed by atoms with van der Waals surface area (Å²) < 4.78 is 0. The number of amides is 2. The van der Waals surface area contributed by atoms with Crippen molar-refractivity contribution < 1.29 is 9.59 Å². The minimum atomic E-state index is -0.0316. The molecule has 0 saturated heterocycles. The number of nitrogens with one attached hydrogen (secondary N) is 1. The van der Waals surface area contributed by atoms with Gasteiger partial charge in [0.25, 0.3) is 0 Å². The summed E-state index contributed by atoms with van der Waals surface area (Å²) in [5.74, 6) is 0.0823. The number of aryl methyl sites for hydroxylation is 1. The Kier molecular flexibility index (Phi) is 5.30. The lowest BCUT2D eigenvalue weighted by molar-refractivity contribution is -0.132. The highest BCUT2D eigenvalue weighted by Crippen LogP contribution is 2.24. The predicted molar refractivity (Wildman–Crippen MR) is 95.9 cm³/mol. The number of benzene rings is 1. The number of fused-ring (bicyclic) bond motifs is 1. The molecule has 0 fully saturated rings. The number of nitrogens with zero attached hydrogens (tertiary/aromatic N) is 1. The van der Waals surface area contributed by atoms with Gasteiger partial charge in [0.2, 0.25) is 11.8 Å². The van der Waals surface area contributed by atoms with Gasteiger partial charge in [0.05, 0.1) is 6.42 Å². The van der Waals surface area contributed by atoms with Crippen molar-refractivity contribution in [3.63, 3.8) is 0 Å². The molecular formula is C19H22N2O2S. The zero-order chi connectivity index (χ0) is 16.9. The molecular weight excluding hydrogens is 320 g/mol. The number of carbonyl (C=O) groups excluding carboxylic acids is 2. The van der Waals surface area contributed by atoms with Crippen molar-refractivity contribution in [2.75, 3.05) is 13.1 Å². The van der Waals surface area contributed by atoms with Crippen LogP contribution in [0.25, 0.3) is 0 Å². The van der Waals surface area contributed by atoms with Gasteiger partial charge in [-0.15, -0.1) is 11.3 Å². The number of hydrogen-bond donors (Lipinski definition) is 1. The lowest BCUT2D eigenvalue weighted by atomic mass is 10.1. The van der Waals surface area contributed by atoms with E-state index in [0.717, 1.165) is 24.1 Å². The van der Waals surface area contributed by atoms with Gasteiger partial charge in [-0.25, -0.2) is 0 Å². The molecule has 2 amide bonds. The van der Waals surface area contributed by atoms with E-state index in [2.05, 4.69) is 16.8 Å². The summed E-state index contributed by atoms with van der Waals surface area (Å²) in [5, 5.41) is 4.95. The van der Waals surface area contributed by atoms with Gasteiger partial charge in [0.1, 0.15) is 0 Å². The van der Waals surface area contributed by atoms with Crippen LogP contribution in [-0.2, 0) is 29.0 Å². The van der Waals surface area contributed by atoms with Gasteiger partial charge in [-0.2, -0.15) is 0 Å². The molecule has 24 heavy (non-hydrogen) atoms. The van der Waals surface area contributed by atoms with E-state index in [9.17, 15) is 9.59 Å². The first-order chi connectivity index (χ1) is 11.6. The molecule has 1 aliphatic heterocycles. The standard InChI is InChI=1S/C19H22N2O2S/c1-14-4-2-3-5-15(14)12-18(22)20-9-6-19(23)21-10-7-17-16(13-21)8-11-24-17/h2-5,8,11H,6-7,9-10,12-13H2,1H3,(H,20,22). The molecule has 0 saturated carbocycles. The molecule has 4 nitrogen and oxygen atoms in total. The summed E-state index contributed by atoms with van der Waals surface area (Å²) in [6.45, 7) is 3.88. The van der Waals surface area contributed by atoms with E-state index in [1.54, 1.807) is 11.3 Å². The Labute approximate surface area is 146 Å². The van der Waals surface area contributed by atoms with E-state index < -0.39 is 0 Å². The summed E-state index contributed by atoms with van der Waals surface area (Å²) in [4.78, 5) is 27.6. The first-order valence-corrected chi connectivity index (χ1v) is 9.15. The van der Waals surface area contributed by atoms with Crippen LogP contribution in [0.1, 0.15) is 28.0 Å². The SMILES string of the molecule is Cc1ccccc1CC(=O)NCCC(=O)N1CCc2sccc2C1. The molecule has 0 unspecified atom stereocenters. The van der Waals surface area contributed by atoms with Gasteiger partial charge >= 0.3 is 0 Å². The average molecular weight is 342 g/mol. The monoisotopic (exact) mass is 342 g/mol. The minimum absolute atomic E-state index is 0.0316. The highest BCUT2D eigenvalue weighted by molar-refractivity contribution is 7.10. The smallest absolute Gasteiger partial charge is 0.224 e. The van der Waals surface area contributed by atoms with Crippen molar-refractivity contribution in [3.8, 4) is 0 Å². The van der Waals surface area contributed by atoms with Gasteiger partial charge in [0.15, 0.2) is 0 Å². The average Bonchev–Trinajstić information content (AvgIpc) is 3.04. The van der Waals surface area contributed by atoms with Crippen LogP contribution in [0.15, 0.2) is 35.7 Å². The Hall–Kier alpha value is -2.14. The number of carbonyl (C=O) groups is 2. The van der Waals surface area contributed by atoms with Crippen molar-refractivity contribution >= 4 is 23.2 Å². The summed E-state index contributed by atoms with van der Waals surface area (Å²) in [6.07, 6.45) is 1.67. The van der Waals surface area contributed by atoms with Crippen LogP contribution in [0.5, 0.6) is 0 Å². The fraction of sp³-hybridized carbons (Fsp3) is 0.368. The topological polar surface area (TPSA) is 49.4 Å². The second kappa shape index (κ2) is 7.62. The molecule has 0 radical (unpaired) electrons. The largest absolute Gasteiger partial charge is 0.355 e. The molecule has 0 atom stereocenters. The molecule has 1 aliphatic rings. The quantitative estimate of drug-likeness (QED) is 0.908. The first kappa shape index (κ1) is 16.7. The van der Waals surface area contributed by atoms with Crippen LogP contribution in [-0.4, -0.2) is 29.8 Å². The molecule has 1 N–H and O–H groups in total. The van der Waals surface area contributed by atoms with Gasteiger partial charge in [-0.05, 0) is 41.5 Å². The molecule has 2 heterocycles. The molecule has 3 rings (SSSR count). The van der Waals surface area contributed by atoms with Gasteiger partial charge in [-0.1, -0.05) is 24.3 Å². The summed E-state index contributed by atoms with van der Waals surface area (Å²) in [6, 6.07) is 9.97. The molecule has 0 bridgehead atoms. The van der Waals surface area contributed by atoms with Crippen LogP contribution < -0.4 is 5.32 Å². The minimum Gasteiger partial charge on any atom is -0.355 e. The first-order valence-electron chi connectivity index (χ1n) is 8.27. The Morgan fingerprint density at radius 2 is 2.08 bits per heavy atom. The van der Waals surface area contributed by atoms with E-state index in [1.807, 2.05) is 36.1 Å². The lowest BCUT2D eigenvalue weighted by Crippen LogP contribution is -2.37. The Morgan fingerprint density at radius 3 is 2.92 bits per heavy atom. The highest BCUT2D eigenvalue weighted by atomic mass is 32.1. The molecule has 1 aromatic heterocycles. The third-order valence-corrected chi connectivity index (χ3v) is 5.46. The van der Waals surface area contributed by atoms with Crippen LogP contribution in [0.2, 0.25) is 0 Å². The Balaban J connectivity index is 1.42. The Bertz CT molecular complexity index is 738. The van der Waals surface area contributed by atoms with Crippen LogP contribution in [0.3, 0.4) is 0 Å². The summed E-state index contributed by atoms with van der Waals surface area (Å²) >= 11 is 1.77. The molecule has 0 spiro atoms. The lowest BCUT2D eigenvalue weighted by Gasteiger charge is -2.27. The van der Waals surface area contributed by atoms with Crippen molar-refractivity contribution in [2.45, 2.75) is 32.7 Å². The molecule has 126 valence electrons. The third kappa shape index (κ3) is 4.03. The zero-order valence-corrected chi connectivity index (χ0v) is 14.7. The fourth-order valence-electron chi connectivity index (χ4n) is 2.97. The molecule has 2 aromatic rings. The maximum atomic E-state index is 12.3. The van der Waals surface area contributed by atoms with Gasteiger partial charge < -0.3 is 10.2 Å². The van der Waals surface area contributed by atoms with Crippen LogP contribution >= 0.6 is 11.3 Å². The summed E-state index contributed by atoms with van der Waals surface area (Å²) in [7, 11) is 0. The number of rotatable bonds is 5. The van der Waals surface area contributed by atoms with E-state index in [4.69, 9.17) is 0 Å². The van der Waals surface area contributed by atoms with Gasteiger partial charge in [0, 0.05) is 30.9 Å². The van der Waals surface area contributed by atoms with E-state index in [1.165, 1.54) is 10.4 Å². The number of hydrogen-bond acceptors (Lipinski definition) is 3. The molecule has 0 aliphatic carbocycles. The van der Waals surface area contributed by atoms with Crippen molar-refractivity contribution in [2.24, 2.45) is 0 Å². The number of thiophene rings is 1. The fourth-order valence-corrected chi connectivity index (χ4v) is 3.86. The predicted octanol–water partition coefficient (Wildman–Crippen LogP) is 2.69. The van der Waals surface area contributed by atoms with Crippen molar-refractivity contribution in [3.05, 3.63) is 57.3 Å². The van der Waals surface area contributed by atoms with Crippen molar-refractivity contribution in [1.29, 1.82) is 0 Å². The second-order valence-electron chi connectivity index (χ2n) is 6.14. The van der Waals surface area contributed by atoms with Crippen LogP contribution in [0.4, 0.5) is 0 Å². The van der Waals surface area contributed by atoms with Crippen molar-refractivity contribution in [1.82, 2.24) is 10.2 Å². The molecule has 1 aromatic carbocycles. The van der Waals surface area contributed by atoms with E-state index in [0.29, 0.717) is 25.9 Å². The summed E-state index contributed by atoms with van der Waals surface area (Å²) in [5.41, 5.74) is 3.41. The van der Waals surface area contributed by atoms with E-state index in [-0.39, 0.29) is 11.8 Å².